The third-order valence-electron chi connectivity index (χ3n) is 3.41. The van der Waals surface area contributed by atoms with Crippen LogP contribution in [0.15, 0.2) is 12.3 Å². The Balaban J connectivity index is 1.76. The average Bonchev–Trinajstić information content (AvgIpc) is 2.80. The van der Waals surface area contributed by atoms with Gasteiger partial charge in [-0.25, -0.2) is 4.79 Å². The summed E-state index contributed by atoms with van der Waals surface area (Å²) in [7, 11) is 0. The van der Waals surface area contributed by atoms with E-state index in [2.05, 4.69) is 15.5 Å². The molecule has 0 saturated heterocycles. The van der Waals surface area contributed by atoms with E-state index in [0.717, 1.165) is 25.7 Å². The standard InChI is InChI=1S/C14H23N3O2/c1-14(2,3)19-13(18)16-11-6-4-10(5-7-11)12-8-9-15-17-12/h8-11H,4-7H2,1-3H3,(H,15,17)(H,16,18). The molecule has 0 spiro atoms. The summed E-state index contributed by atoms with van der Waals surface area (Å²) in [6.45, 7) is 5.63. The molecule has 106 valence electrons. The number of aromatic amines is 1. The number of nitrogens with zero attached hydrogens (tertiary/aromatic N) is 1. The van der Waals surface area contributed by atoms with Crippen molar-refractivity contribution in [1.82, 2.24) is 15.5 Å². The number of carbonyl (C=O) groups is 1. The minimum absolute atomic E-state index is 0.231. The normalized spacial score (nSPS) is 23.9. The van der Waals surface area contributed by atoms with Crippen LogP contribution >= 0.6 is 0 Å². The van der Waals surface area contributed by atoms with Crippen LogP contribution in [0, 0.1) is 0 Å². The molecule has 1 amide bonds. The van der Waals surface area contributed by atoms with Crippen molar-refractivity contribution in [2.75, 3.05) is 0 Å². The highest BCUT2D eigenvalue weighted by Gasteiger charge is 2.25. The molecule has 1 heterocycles. The highest BCUT2D eigenvalue weighted by Crippen LogP contribution is 2.31. The van der Waals surface area contributed by atoms with Gasteiger partial charge in [0.05, 0.1) is 0 Å². The van der Waals surface area contributed by atoms with Crippen LogP contribution in [0.4, 0.5) is 4.79 Å². The lowest BCUT2D eigenvalue weighted by Gasteiger charge is -2.29. The van der Waals surface area contributed by atoms with Crippen molar-refractivity contribution in [1.29, 1.82) is 0 Å². The first-order chi connectivity index (χ1) is 8.94. The Morgan fingerprint density at radius 3 is 2.58 bits per heavy atom. The summed E-state index contributed by atoms with van der Waals surface area (Å²) in [4.78, 5) is 11.7. The number of rotatable bonds is 2. The topological polar surface area (TPSA) is 67.0 Å². The maximum Gasteiger partial charge on any atom is 0.407 e. The second kappa shape index (κ2) is 5.63. The van der Waals surface area contributed by atoms with Gasteiger partial charge in [0.1, 0.15) is 5.60 Å². The van der Waals surface area contributed by atoms with Gasteiger partial charge in [-0.3, -0.25) is 5.10 Å². The van der Waals surface area contributed by atoms with E-state index in [1.54, 1.807) is 6.20 Å². The molecule has 2 N–H and O–H groups in total. The number of H-pyrrole nitrogens is 1. The molecule has 0 unspecified atom stereocenters. The van der Waals surface area contributed by atoms with Gasteiger partial charge in [-0.2, -0.15) is 5.10 Å². The molecule has 19 heavy (non-hydrogen) atoms. The van der Waals surface area contributed by atoms with Crippen LogP contribution in [0.25, 0.3) is 0 Å². The summed E-state index contributed by atoms with van der Waals surface area (Å²) in [5.74, 6) is 0.541. The molecule has 1 fully saturated rings. The van der Waals surface area contributed by atoms with Crippen LogP contribution < -0.4 is 5.32 Å². The lowest BCUT2D eigenvalue weighted by molar-refractivity contribution is 0.0491. The number of aromatic nitrogens is 2. The fourth-order valence-electron chi connectivity index (χ4n) is 2.52. The minimum atomic E-state index is -0.433. The molecule has 1 aromatic heterocycles. The van der Waals surface area contributed by atoms with E-state index in [0.29, 0.717) is 5.92 Å². The van der Waals surface area contributed by atoms with E-state index in [9.17, 15) is 4.79 Å². The number of nitrogens with one attached hydrogen (secondary N) is 2. The quantitative estimate of drug-likeness (QED) is 0.864. The lowest BCUT2D eigenvalue weighted by Crippen LogP contribution is -2.40. The number of hydrogen-bond acceptors (Lipinski definition) is 3. The molecule has 1 aliphatic carbocycles. The van der Waals surface area contributed by atoms with Crippen molar-refractivity contribution in [2.24, 2.45) is 0 Å². The van der Waals surface area contributed by atoms with Crippen molar-refractivity contribution in [3.8, 4) is 0 Å². The van der Waals surface area contributed by atoms with Gasteiger partial charge in [-0.1, -0.05) is 0 Å². The maximum atomic E-state index is 11.7. The monoisotopic (exact) mass is 265 g/mol. The number of carbonyl (C=O) groups excluding carboxylic acids is 1. The van der Waals surface area contributed by atoms with Crippen molar-refractivity contribution in [3.05, 3.63) is 18.0 Å². The zero-order valence-corrected chi connectivity index (χ0v) is 11.9. The van der Waals surface area contributed by atoms with E-state index in [1.807, 2.05) is 26.8 Å². The maximum absolute atomic E-state index is 11.7. The van der Waals surface area contributed by atoms with Gasteiger partial charge >= 0.3 is 6.09 Å². The summed E-state index contributed by atoms with van der Waals surface area (Å²) in [6, 6.07) is 2.26. The molecule has 1 aromatic rings. The molecule has 1 saturated carbocycles. The molecule has 5 heteroatoms. The molecule has 2 rings (SSSR count). The number of alkyl carbamates (subject to hydrolysis) is 1. The van der Waals surface area contributed by atoms with Crippen LogP contribution in [0.1, 0.15) is 58.1 Å². The molecular weight excluding hydrogens is 242 g/mol. The van der Waals surface area contributed by atoms with E-state index < -0.39 is 5.60 Å². The largest absolute Gasteiger partial charge is 0.444 e. The highest BCUT2D eigenvalue weighted by atomic mass is 16.6. The van der Waals surface area contributed by atoms with Gasteiger partial charge in [0.25, 0.3) is 0 Å². The van der Waals surface area contributed by atoms with E-state index >= 15 is 0 Å². The first-order valence-corrected chi connectivity index (χ1v) is 6.93. The number of amides is 1. The smallest absolute Gasteiger partial charge is 0.407 e. The Morgan fingerprint density at radius 1 is 1.37 bits per heavy atom. The fraction of sp³-hybridized carbons (Fsp3) is 0.714. The van der Waals surface area contributed by atoms with Crippen LogP contribution in [0.2, 0.25) is 0 Å². The summed E-state index contributed by atoms with van der Waals surface area (Å²) in [6.07, 6.45) is 5.61. The minimum Gasteiger partial charge on any atom is -0.444 e. The van der Waals surface area contributed by atoms with E-state index in [1.165, 1.54) is 5.69 Å². The molecule has 1 aliphatic rings. The zero-order valence-electron chi connectivity index (χ0n) is 11.9. The van der Waals surface area contributed by atoms with Gasteiger partial charge < -0.3 is 10.1 Å². The van der Waals surface area contributed by atoms with Gasteiger partial charge in [0.2, 0.25) is 0 Å². The van der Waals surface area contributed by atoms with Crippen LogP contribution in [-0.2, 0) is 4.74 Å². The SMILES string of the molecule is CC(C)(C)OC(=O)NC1CCC(c2ccn[nH]2)CC1. The summed E-state index contributed by atoms with van der Waals surface area (Å²) in [5.41, 5.74) is 0.771. The van der Waals surface area contributed by atoms with Crippen molar-refractivity contribution >= 4 is 6.09 Å². The van der Waals surface area contributed by atoms with E-state index in [4.69, 9.17) is 4.74 Å². The van der Waals surface area contributed by atoms with Crippen LogP contribution in [0.5, 0.6) is 0 Å². The van der Waals surface area contributed by atoms with E-state index in [-0.39, 0.29) is 12.1 Å². The lowest BCUT2D eigenvalue weighted by atomic mass is 9.84. The average molecular weight is 265 g/mol. The second-order valence-electron chi connectivity index (χ2n) is 6.21. The molecule has 0 radical (unpaired) electrons. The van der Waals surface area contributed by atoms with Crippen LogP contribution in [0.3, 0.4) is 0 Å². The van der Waals surface area contributed by atoms with Gasteiger partial charge in [-0.05, 0) is 52.5 Å². The Morgan fingerprint density at radius 2 is 2.05 bits per heavy atom. The molecule has 0 aromatic carbocycles. The van der Waals surface area contributed by atoms with Crippen molar-refractivity contribution in [3.63, 3.8) is 0 Å². The molecule has 0 atom stereocenters. The predicted octanol–water partition coefficient (Wildman–Crippen LogP) is 2.96. The predicted molar refractivity (Wildman–Crippen MR) is 73.0 cm³/mol. The Kier molecular flexibility index (Phi) is 4.12. The zero-order chi connectivity index (χ0) is 13.9. The Labute approximate surface area is 114 Å². The van der Waals surface area contributed by atoms with Crippen LogP contribution in [-0.4, -0.2) is 27.9 Å². The third-order valence-corrected chi connectivity index (χ3v) is 3.41. The molecular formula is C14H23N3O2. The van der Waals surface area contributed by atoms with Crippen molar-refractivity contribution < 1.29 is 9.53 Å². The molecule has 0 aliphatic heterocycles. The fourth-order valence-corrected chi connectivity index (χ4v) is 2.52. The summed E-state index contributed by atoms with van der Waals surface area (Å²) in [5, 5.41) is 9.98. The highest BCUT2D eigenvalue weighted by molar-refractivity contribution is 5.68. The Bertz CT molecular complexity index is 401. The number of hydrogen-bond donors (Lipinski definition) is 2. The first-order valence-electron chi connectivity index (χ1n) is 6.93. The summed E-state index contributed by atoms with van der Waals surface area (Å²) < 4.78 is 5.27. The van der Waals surface area contributed by atoms with Gasteiger partial charge in [-0.15, -0.1) is 0 Å². The van der Waals surface area contributed by atoms with Crippen molar-refractivity contribution in [2.45, 2.75) is 64.0 Å². The second-order valence-corrected chi connectivity index (χ2v) is 6.21. The van der Waals surface area contributed by atoms with Gasteiger partial charge in [0.15, 0.2) is 0 Å². The summed E-state index contributed by atoms with van der Waals surface area (Å²) >= 11 is 0. The van der Waals surface area contributed by atoms with Gasteiger partial charge in [0, 0.05) is 23.9 Å². The molecule has 5 nitrogen and oxygen atoms in total. The Hall–Kier alpha value is -1.52. The first kappa shape index (κ1) is 13.9. The molecule has 0 bridgehead atoms. The number of ether oxygens (including phenoxy) is 1. The third kappa shape index (κ3) is 4.26.